The lowest BCUT2D eigenvalue weighted by Crippen LogP contribution is -2.28. The molecule has 180 valence electrons. The number of benzene rings is 4. The Morgan fingerprint density at radius 2 is 1.58 bits per heavy atom. The molecule has 5 aromatic rings. The van der Waals surface area contributed by atoms with Gasteiger partial charge in [-0.3, -0.25) is 4.79 Å². The molecule has 0 spiro atoms. The Morgan fingerprint density at radius 1 is 0.861 bits per heavy atom. The molecule has 0 aliphatic heterocycles. The van der Waals surface area contributed by atoms with Crippen LogP contribution in [0.15, 0.2) is 91.0 Å². The summed E-state index contributed by atoms with van der Waals surface area (Å²) in [6.45, 7) is 4.05. The Labute approximate surface area is 208 Å². The zero-order valence-corrected chi connectivity index (χ0v) is 20.0. The number of halogens is 2. The van der Waals surface area contributed by atoms with Gasteiger partial charge in [0.1, 0.15) is 23.5 Å². The van der Waals surface area contributed by atoms with E-state index in [4.69, 9.17) is 4.98 Å². The number of carbonyl (C=O) groups excluding carboxylic acids is 1. The molecule has 1 N–H and O–H groups in total. The van der Waals surface area contributed by atoms with Crippen LogP contribution in [0, 0.1) is 25.5 Å². The van der Waals surface area contributed by atoms with Gasteiger partial charge < -0.3 is 9.88 Å². The van der Waals surface area contributed by atoms with Crippen molar-refractivity contribution in [3.05, 3.63) is 131 Å². The predicted molar refractivity (Wildman–Crippen MR) is 138 cm³/mol. The zero-order valence-electron chi connectivity index (χ0n) is 20.0. The van der Waals surface area contributed by atoms with Gasteiger partial charge in [-0.15, -0.1) is 0 Å². The Hall–Kier alpha value is -4.32. The summed E-state index contributed by atoms with van der Waals surface area (Å²) >= 11 is 0. The molecule has 0 aliphatic rings. The number of aromatic nitrogens is 2. The molecule has 1 heterocycles. The highest BCUT2D eigenvalue weighted by atomic mass is 19.1. The number of anilines is 1. The van der Waals surface area contributed by atoms with Crippen molar-refractivity contribution in [3.8, 4) is 0 Å². The lowest BCUT2D eigenvalue weighted by Gasteiger charge is -2.22. The van der Waals surface area contributed by atoms with E-state index < -0.39 is 11.9 Å². The van der Waals surface area contributed by atoms with Crippen molar-refractivity contribution in [3.63, 3.8) is 0 Å². The second-order valence-electron chi connectivity index (χ2n) is 8.94. The van der Waals surface area contributed by atoms with Gasteiger partial charge in [0.2, 0.25) is 0 Å². The average Bonchev–Trinajstić information content (AvgIpc) is 3.18. The molecule has 4 nitrogen and oxygen atoms in total. The zero-order chi connectivity index (χ0) is 25.2. The smallest absolute Gasteiger partial charge is 0.252 e. The first kappa shape index (κ1) is 23.4. The first-order valence-corrected chi connectivity index (χ1v) is 11.7. The molecule has 0 bridgehead atoms. The van der Waals surface area contributed by atoms with E-state index >= 15 is 0 Å². The van der Waals surface area contributed by atoms with Crippen molar-refractivity contribution < 1.29 is 13.6 Å². The van der Waals surface area contributed by atoms with Crippen molar-refractivity contribution in [2.45, 2.75) is 26.3 Å². The minimum atomic E-state index is -0.767. The summed E-state index contributed by atoms with van der Waals surface area (Å²) in [6.07, 6.45) is 0.406. The van der Waals surface area contributed by atoms with Crippen LogP contribution in [-0.4, -0.2) is 15.5 Å². The Kier molecular flexibility index (Phi) is 6.34. The third-order valence-electron chi connectivity index (χ3n) is 6.37. The van der Waals surface area contributed by atoms with Crippen LogP contribution in [0.2, 0.25) is 0 Å². The highest BCUT2D eigenvalue weighted by molar-refractivity contribution is 5.97. The SMILES string of the molecule is Cc1cc2nc(Cc3ccc(F)cc3)n(C(C(=O)Nc3cccc(F)c3)c3ccccc3)c2cc1C. The van der Waals surface area contributed by atoms with Gasteiger partial charge in [0, 0.05) is 12.1 Å². The normalized spacial score (nSPS) is 12.0. The molecule has 1 aromatic heterocycles. The first-order valence-electron chi connectivity index (χ1n) is 11.7. The fourth-order valence-electron chi connectivity index (χ4n) is 4.43. The summed E-state index contributed by atoms with van der Waals surface area (Å²) in [5.74, 6) is -0.384. The highest BCUT2D eigenvalue weighted by Crippen LogP contribution is 2.31. The maximum atomic E-state index is 13.8. The van der Waals surface area contributed by atoms with Crippen molar-refractivity contribution in [2.75, 3.05) is 5.32 Å². The Balaban J connectivity index is 1.69. The van der Waals surface area contributed by atoms with E-state index in [9.17, 15) is 13.6 Å². The Bertz CT molecular complexity index is 1540. The van der Waals surface area contributed by atoms with E-state index in [1.165, 1.54) is 24.3 Å². The number of hydrogen-bond donors (Lipinski definition) is 1. The van der Waals surface area contributed by atoms with Crippen LogP contribution in [0.5, 0.6) is 0 Å². The van der Waals surface area contributed by atoms with Gasteiger partial charge >= 0.3 is 0 Å². The molecule has 0 fully saturated rings. The molecule has 1 unspecified atom stereocenters. The Morgan fingerprint density at radius 3 is 2.31 bits per heavy atom. The molecular formula is C30H25F2N3O. The van der Waals surface area contributed by atoms with Crippen LogP contribution in [0.3, 0.4) is 0 Å². The van der Waals surface area contributed by atoms with Crippen molar-refractivity contribution in [2.24, 2.45) is 0 Å². The number of nitrogens with one attached hydrogen (secondary N) is 1. The van der Waals surface area contributed by atoms with E-state index in [-0.39, 0.29) is 11.7 Å². The monoisotopic (exact) mass is 481 g/mol. The highest BCUT2D eigenvalue weighted by Gasteiger charge is 2.28. The van der Waals surface area contributed by atoms with Gasteiger partial charge in [0.05, 0.1) is 11.0 Å². The molecule has 4 aromatic carbocycles. The van der Waals surface area contributed by atoms with Gasteiger partial charge in [-0.2, -0.15) is 0 Å². The minimum absolute atomic E-state index is 0.310. The van der Waals surface area contributed by atoms with Crippen LogP contribution < -0.4 is 5.32 Å². The molecule has 36 heavy (non-hydrogen) atoms. The van der Waals surface area contributed by atoms with Crippen LogP contribution in [0.1, 0.15) is 34.1 Å². The number of amides is 1. The molecule has 0 aliphatic carbocycles. The maximum absolute atomic E-state index is 13.8. The topological polar surface area (TPSA) is 46.9 Å². The second kappa shape index (κ2) is 9.74. The van der Waals surface area contributed by atoms with Crippen molar-refractivity contribution in [1.82, 2.24) is 9.55 Å². The summed E-state index contributed by atoms with van der Waals surface area (Å²) in [7, 11) is 0. The van der Waals surface area contributed by atoms with E-state index in [2.05, 4.69) is 5.32 Å². The van der Waals surface area contributed by atoms with Crippen LogP contribution in [-0.2, 0) is 11.2 Å². The van der Waals surface area contributed by atoms with Crippen LogP contribution in [0.25, 0.3) is 11.0 Å². The third-order valence-corrected chi connectivity index (χ3v) is 6.37. The van der Waals surface area contributed by atoms with Gasteiger partial charge in [-0.25, -0.2) is 13.8 Å². The van der Waals surface area contributed by atoms with E-state index in [0.29, 0.717) is 17.9 Å². The van der Waals surface area contributed by atoms with Gasteiger partial charge in [-0.05, 0) is 78.6 Å². The summed E-state index contributed by atoms with van der Waals surface area (Å²) in [5, 5.41) is 2.88. The maximum Gasteiger partial charge on any atom is 0.252 e. The number of imidazole rings is 1. The molecule has 0 radical (unpaired) electrons. The van der Waals surface area contributed by atoms with Crippen molar-refractivity contribution in [1.29, 1.82) is 0 Å². The molecule has 5 rings (SSSR count). The average molecular weight is 482 g/mol. The number of aryl methyl sites for hydroxylation is 2. The van der Waals surface area contributed by atoms with Crippen LogP contribution >= 0.6 is 0 Å². The summed E-state index contributed by atoms with van der Waals surface area (Å²) < 4.78 is 29.3. The predicted octanol–water partition coefficient (Wildman–Crippen LogP) is 6.75. The van der Waals surface area contributed by atoms with Crippen molar-refractivity contribution >= 4 is 22.6 Å². The first-order chi connectivity index (χ1) is 17.4. The summed E-state index contributed by atoms with van der Waals surface area (Å²) in [6, 6.07) is 24.8. The second-order valence-corrected chi connectivity index (χ2v) is 8.94. The number of fused-ring (bicyclic) bond motifs is 1. The van der Waals surface area contributed by atoms with E-state index in [1.807, 2.05) is 60.9 Å². The van der Waals surface area contributed by atoms with E-state index in [1.54, 1.807) is 24.3 Å². The molecular weight excluding hydrogens is 456 g/mol. The number of nitrogens with zero attached hydrogens (tertiary/aromatic N) is 2. The van der Waals surface area contributed by atoms with Gasteiger partial charge in [-0.1, -0.05) is 48.5 Å². The molecule has 6 heteroatoms. The fraction of sp³-hybridized carbons (Fsp3) is 0.133. The lowest BCUT2D eigenvalue weighted by molar-refractivity contribution is -0.118. The third kappa shape index (κ3) is 4.75. The number of rotatable bonds is 6. The summed E-state index contributed by atoms with van der Waals surface area (Å²) in [4.78, 5) is 18.7. The quantitative estimate of drug-likeness (QED) is 0.292. The number of carbonyl (C=O) groups is 1. The molecule has 1 atom stereocenters. The summed E-state index contributed by atoms with van der Waals surface area (Å²) in [5.41, 5.74) is 5.78. The lowest BCUT2D eigenvalue weighted by atomic mass is 10.0. The minimum Gasteiger partial charge on any atom is -0.324 e. The molecule has 1 amide bonds. The molecule has 0 saturated carbocycles. The van der Waals surface area contributed by atoms with E-state index in [0.717, 1.165) is 33.3 Å². The van der Waals surface area contributed by atoms with Crippen LogP contribution in [0.4, 0.5) is 14.5 Å². The largest absolute Gasteiger partial charge is 0.324 e. The molecule has 0 saturated heterocycles. The number of hydrogen-bond acceptors (Lipinski definition) is 2. The fourth-order valence-corrected chi connectivity index (χ4v) is 4.43. The van der Waals surface area contributed by atoms with Gasteiger partial charge in [0.15, 0.2) is 0 Å². The van der Waals surface area contributed by atoms with Gasteiger partial charge in [0.25, 0.3) is 5.91 Å². The standard InChI is InChI=1S/C30H25F2N3O/c1-19-15-26-27(16-20(19)2)35(28(34-26)17-21-11-13-23(31)14-12-21)29(22-7-4-3-5-8-22)30(36)33-25-10-6-9-24(32)18-25/h3-16,18,29H,17H2,1-2H3,(H,33,36).